The smallest absolute Gasteiger partial charge is 0.320 e. The molecule has 1 atom stereocenters. The zero-order chi connectivity index (χ0) is 15.2. The quantitative estimate of drug-likeness (QED) is 0.701. The number of ether oxygens (including phenoxy) is 1. The fourth-order valence-electron chi connectivity index (χ4n) is 3.04. The molecule has 0 aromatic carbocycles. The maximum Gasteiger partial charge on any atom is 0.320 e. The number of hydrogen-bond acceptors (Lipinski definition) is 4. The second-order valence-electron chi connectivity index (χ2n) is 6.12. The minimum atomic E-state index is -0.222. The molecule has 2 fully saturated rings. The Hall–Kier alpha value is -1.10. The predicted octanol–water partition coefficient (Wildman–Crippen LogP) is 1.80. The van der Waals surface area contributed by atoms with Crippen molar-refractivity contribution in [2.45, 2.75) is 64.5 Å². The van der Waals surface area contributed by atoms with Gasteiger partial charge in [0.25, 0.3) is 0 Å². The third-order valence-corrected chi connectivity index (χ3v) is 4.41. The average Bonchev–Trinajstić information content (AvgIpc) is 3.29. The van der Waals surface area contributed by atoms with E-state index in [0.717, 1.165) is 38.8 Å². The summed E-state index contributed by atoms with van der Waals surface area (Å²) in [5, 5.41) is 0. The molecule has 0 bridgehead atoms. The van der Waals surface area contributed by atoms with Crippen molar-refractivity contribution in [2.75, 3.05) is 26.2 Å². The zero-order valence-electron chi connectivity index (χ0n) is 13.3. The third kappa shape index (κ3) is 4.70. The van der Waals surface area contributed by atoms with Crippen LogP contribution in [0.3, 0.4) is 0 Å². The fraction of sp³-hybridized carbons (Fsp3) is 0.875. The highest BCUT2D eigenvalue weighted by molar-refractivity contribution is 5.82. The summed E-state index contributed by atoms with van der Waals surface area (Å²) in [6, 6.07) is 0.153. The van der Waals surface area contributed by atoms with Gasteiger partial charge in [0.1, 0.15) is 0 Å². The van der Waals surface area contributed by atoms with Crippen molar-refractivity contribution in [3.8, 4) is 0 Å². The number of likely N-dealkylation sites (tertiary alicyclic amines) is 1. The van der Waals surface area contributed by atoms with E-state index < -0.39 is 0 Å². The second kappa shape index (κ2) is 7.78. The Morgan fingerprint density at radius 1 is 1.19 bits per heavy atom. The zero-order valence-corrected chi connectivity index (χ0v) is 13.3. The standard InChI is InChI=1S/C16H28N2O3/c1-3-21-15(19)12-18(14-8-9-14)13(2)16(20)17-10-6-4-5-7-11-17/h13-14H,3-12H2,1-2H3. The van der Waals surface area contributed by atoms with Crippen LogP contribution in [-0.2, 0) is 14.3 Å². The minimum absolute atomic E-state index is 0.174. The second-order valence-corrected chi connectivity index (χ2v) is 6.12. The van der Waals surface area contributed by atoms with Crippen molar-refractivity contribution in [3.63, 3.8) is 0 Å². The lowest BCUT2D eigenvalue weighted by Gasteiger charge is -2.31. The summed E-state index contributed by atoms with van der Waals surface area (Å²) in [5.41, 5.74) is 0. The predicted molar refractivity (Wildman–Crippen MR) is 80.9 cm³/mol. The van der Waals surface area contributed by atoms with Crippen LogP contribution < -0.4 is 0 Å². The van der Waals surface area contributed by atoms with Gasteiger partial charge in [-0.1, -0.05) is 12.8 Å². The van der Waals surface area contributed by atoms with E-state index in [0.29, 0.717) is 12.6 Å². The van der Waals surface area contributed by atoms with E-state index in [4.69, 9.17) is 4.74 Å². The van der Waals surface area contributed by atoms with Gasteiger partial charge in [-0.25, -0.2) is 0 Å². The number of carbonyl (C=O) groups excluding carboxylic acids is 2. The van der Waals surface area contributed by atoms with Crippen molar-refractivity contribution in [2.24, 2.45) is 0 Å². The topological polar surface area (TPSA) is 49.9 Å². The van der Waals surface area contributed by atoms with Crippen LogP contribution in [0.2, 0.25) is 0 Å². The summed E-state index contributed by atoms with van der Waals surface area (Å²) in [7, 11) is 0. The van der Waals surface area contributed by atoms with Gasteiger partial charge in [-0.05, 0) is 39.5 Å². The maximum atomic E-state index is 12.7. The molecule has 1 heterocycles. The molecule has 0 radical (unpaired) electrons. The summed E-state index contributed by atoms with van der Waals surface area (Å²) in [4.78, 5) is 28.5. The monoisotopic (exact) mass is 296 g/mol. The van der Waals surface area contributed by atoms with Gasteiger partial charge >= 0.3 is 5.97 Å². The first-order chi connectivity index (χ1) is 10.1. The van der Waals surface area contributed by atoms with Gasteiger partial charge in [0.2, 0.25) is 5.91 Å². The van der Waals surface area contributed by atoms with Crippen LogP contribution in [0.1, 0.15) is 52.4 Å². The molecular weight excluding hydrogens is 268 g/mol. The normalized spacial score (nSPS) is 21.0. The summed E-state index contributed by atoms with van der Waals surface area (Å²) in [5.74, 6) is -0.0481. The van der Waals surface area contributed by atoms with Crippen LogP contribution in [0.25, 0.3) is 0 Å². The van der Waals surface area contributed by atoms with Crippen molar-refractivity contribution in [3.05, 3.63) is 0 Å². The number of amides is 1. The van der Waals surface area contributed by atoms with E-state index in [1.54, 1.807) is 0 Å². The number of hydrogen-bond donors (Lipinski definition) is 0. The highest BCUT2D eigenvalue weighted by atomic mass is 16.5. The van der Waals surface area contributed by atoms with Gasteiger partial charge in [0.15, 0.2) is 0 Å². The molecule has 0 N–H and O–H groups in total. The Kier molecular flexibility index (Phi) is 6.03. The van der Waals surface area contributed by atoms with E-state index in [1.165, 1.54) is 12.8 Å². The highest BCUT2D eigenvalue weighted by Crippen LogP contribution is 2.29. The number of nitrogens with zero attached hydrogens (tertiary/aromatic N) is 2. The van der Waals surface area contributed by atoms with E-state index >= 15 is 0 Å². The van der Waals surface area contributed by atoms with Crippen molar-refractivity contribution in [1.29, 1.82) is 0 Å². The molecule has 120 valence electrons. The van der Waals surface area contributed by atoms with Gasteiger partial charge < -0.3 is 9.64 Å². The number of rotatable bonds is 6. The molecule has 1 saturated heterocycles. The maximum absolute atomic E-state index is 12.7. The molecule has 1 aliphatic carbocycles. The van der Waals surface area contributed by atoms with Gasteiger partial charge in [-0.2, -0.15) is 0 Å². The molecule has 1 amide bonds. The first kappa shape index (κ1) is 16.3. The molecule has 21 heavy (non-hydrogen) atoms. The van der Waals surface area contributed by atoms with Gasteiger partial charge in [-0.15, -0.1) is 0 Å². The fourth-order valence-corrected chi connectivity index (χ4v) is 3.04. The Labute approximate surface area is 127 Å². The van der Waals surface area contributed by atoms with Crippen molar-refractivity contribution in [1.82, 2.24) is 9.80 Å². The van der Waals surface area contributed by atoms with Crippen molar-refractivity contribution >= 4 is 11.9 Å². The third-order valence-electron chi connectivity index (χ3n) is 4.41. The van der Waals surface area contributed by atoms with Crippen LogP contribution in [0.15, 0.2) is 0 Å². The van der Waals surface area contributed by atoms with Crippen LogP contribution >= 0.6 is 0 Å². The molecular formula is C16H28N2O3. The highest BCUT2D eigenvalue weighted by Gasteiger charge is 2.37. The summed E-state index contributed by atoms with van der Waals surface area (Å²) in [6.45, 7) is 6.10. The molecule has 0 spiro atoms. The van der Waals surface area contributed by atoms with Gasteiger partial charge in [0.05, 0.1) is 19.2 Å². The van der Waals surface area contributed by atoms with E-state index in [9.17, 15) is 9.59 Å². The Balaban J connectivity index is 1.94. The van der Waals surface area contributed by atoms with E-state index in [2.05, 4.69) is 0 Å². The van der Waals surface area contributed by atoms with Gasteiger partial charge in [0, 0.05) is 19.1 Å². The number of carbonyl (C=O) groups is 2. The summed E-state index contributed by atoms with van der Waals surface area (Å²) >= 11 is 0. The lowest BCUT2D eigenvalue weighted by atomic mass is 10.2. The van der Waals surface area contributed by atoms with Crippen LogP contribution in [0, 0.1) is 0 Å². The molecule has 0 aromatic rings. The Morgan fingerprint density at radius 3 is 2.33 bits per heavy atom. The molecule has 1 saturated carbocycles. The Bertz CT molecular complexity index is 361. The molecule has 2 rings (SSSR count). The lowest BCUT2D eigenvalue weighted by Crippen LogP contribution is -2.50. The largest absolute Gasteiger partial charge is 0.465 e. The van der Waals surface area contributed by atoms with Crippen LogP contribution in [0.5, 0.6) is 0 Å². The number of esters is 1. The molecule has 5 heteroatoms. The van der Waals surface area contributed by atoms with E-state index in [-0.39, 0.29) is 24.5 Å². The van der Waals surface area contributed by atoms with E-state index in [1.807, 2.05) is 23.6 Å². The van der Waals surface area contributed by atoms with Crippen LogP contribution in [0.4, 0.5) is 0 Å². The first-order valence-corrected chi connectivity index (χ1v) is 8.33. The Morgan fingerprint density at radius 2 is 1.81 bits per heavy atom. The SMILES string of the molecule is CCOC(=O)CN(C1CC1)C(C)C(=O)N1CCCCCC1. The molecule has 0 aromatic heterocycles. The van der Waals surface area contributed by atoms with Gasteiger partial charge in [-0.3, -0.25) is 14.5 Å². The summed E-state index contributed by atoms with van der Waals surface area (Å²) < 4.78 is 5.04. The minimum Gasteiger partial charge on any atom is -0.465 e. The average molecular weight is 296 g/mol. The lowest BCUT2D eigenvalue weighted by molar-refractivity contribution is -0.147. The van der Waals surface area contributed by atoms with Crippen molar-refractivity contribution < 1.29 is 14.3 Å². The molecule has 1 unspecified atom stereocenters. The molecule has 5 nitrogen and oxygen atoms in total. The van der Waals surface area contributed by atoms with Crippen LogP contribution in [-0.4, -0.2) is 60.0 Å². The molecule has 1 aliphatic heterocycles. The summed E-state index contributed by atoms with van der Waals surface area (Å²) in [6.07, 6.45) is 6.79. The first-order valence-electron chi connectivity index (χ1n) is 8.33. The molecule has 2 aliphatic rings.